The molecule has 3 aromatic carbocycles. The number of nitrogens with zero attached hydrogens (tertiary/aromatic N) is 4. The van der Waals surface area contributed by atoms with Gasteiger partial charge in [-0.15, -0.1) is 0 Å². The van der Waals surface area contributed by atoms with E-state index in [1.54, 1.807) is 36.4 Å². The predicted octanol–water partition coefficient (Wildman–Crippen LogP) is 6.75. The minimum absolute atomic E-state index is 0.671. The van der Waals surface area contributed by atoms with Gasteiger partial charge in [-0.3, -0.25) is 0 Å². The topological polar surface area (TPSA) is 75.5 Å². The number of halogens is 1. The van der Waals surface area contributed by atoms with Crippen molar-refractivity contribution < 1.29 is 0 Å². The van der Waals surface area contributed by atoms with Crippen molar-refractivity contribution in [1.82, 2.24) is 0 Å². The minimum Gasteiger partial charge on any atom is -0.399 e. The van der Waals surface area contributed by atoms with Crippen molar-refractivity contribution in [1.29, 1.82) is 0 Å². The summed E-state index contributed by atoms with van der Waals surface area (Å²) in [5.41, 5.74) is 9.28. The van der Waals surface area contributed by atoms with Crippen LogP contribution in [-0.2, 0) is 0 Å². The number of anilines is 1. The molecule has 2 N–H and O–H groups in total. The number of hydrogen-bond donors (Lipinski definition) is 1. The zero-order valence-corrected chi connectivity index (χ0v) is 13.4. The first-order chi connectivity index (χ1) is 11.7. The highest BCUT2D eigenvalue weighted by molar-refractivity contribution is 6.30. The summed E-state index contributed by atoms with van der Waals surface area (Å²) in [6, 6.07) is 21.7. The first kappa shape index (κ1) is 15.8. The van der Waals surface area contributed by atoms with Gasteiger partial charge in [-0.2, -0.15) is 20.5 Å². The number of benzene rings is 3. The summed E-state index contributed by atoms with van der Waals surface area (Å²) in [6.45, 7) is 0. The van der Waals surface area contributed by atoms with Gasteiger partial charge >= 0.3 is 0 Å². The number of hydrogen-bond acceptors (Lipinski definition) is 5. The largest absolute Gasteiger partial charge is 0.399 e. The molecule has 0 fully saturated rings. The smallest absolute Gasteiger partial charge is 0.0858 e. The van der Waals surface area contributed by atoms with Crippen LogP contribution in [0.2, 0.25) is 5.02 Å². The highest BCUT2D eigenvalue weighted by Gasteiger charge is 1.94. The van der Waals surface area contributed by atoms with E-state index in [2.05, 4.69) is 20.5 Å². The Bertz CT molecular complexity index is 779. The fourth-order valence-corrected chi connectivity index (χ4v) is 1.99. The third-order valence-electron chi connectivity index (χ3n) is 3.13. The Hall–Kier alpha value is -3.05. The van der Waals surface area contributed by atoms with Crippen molar-refractivity contribution in [3.63, 3.8) is 0 Å². The van der Waals surface area contributed by atoms with Crippen LogP contribution in [0.15, 0.2) is 93.3 Å². The first-order valence-corrected chi connectivity index (χ1v) is 7.61. The summed E-state index contributed by atoms with van der Waals surface area (Å²) in [7, 11) is 0. The molecule has 0 atom stereocenters. The van der Waals surface area contributed by atoms with E-state index in [4.69, 9.17) is 17.3 Å². The van der Waals surface area contributed by atoms with Gasteiger partial charge in [0.1, 0.15) is 0 Å². The average Bonchev–Trinajstić information content (AvgIpc) is 2.62. The molecule has 0 aliphatic rings. The van der Waals surface area contributed by atoms with Crippen molar-refractivity contribution in [2.75, 3.05) is 5.73 Å². The molecule has 0 aromatic heterocycles. The summed E-state index contributed by atoms with van der Waals surface area (Å²) in [4.78, 5) is 0. The van der Waals surface area contributed by atoms with Gasteiger partial charge in [0.15, 0.2) is 0 Å². The van der Waals surface area contributed by atoms with E-state index in [0.29, 0.717) is 10.7 Å². The second kappa shape index (κ2) is 7.48. The summed E-state index contributed by atoms with van der Waals surface area (Å²) in [5.74, 6) is 0. The lowest BCUT2D eigenvalue weighted by Crippen LogP contribution is -1.80. The predicted molar refractivity (Wildman–Crippen MR) is 97.1 cm³/mol. The fourth-order valence-electron chi connectivity index (χ4n) is 1.87. The molecule has 0 aliphatic carbocycles. The number of azo groups is 2. The average molecular weight is 336 g/mol. The van der Waals surface area contributed by atoms with Crippen LogP contribution in [0.5, 0.6) is 0 Å². The Balaban J connectivity index is 1.66. The molecule has 3 aromatic rings. The van der Waals surface area contributed by atoms with Crippen LogP contribution in [0, 0.1) is 0 Å². The Morgan fingerprint density at radius 3 is 1.17 bits per heavy atom. The molecule has 0 heterocycles. The number of nitrogen functional groups attached to an aromatic ring is 1. The molecule has 0 aliphatic heterocycles. The molecule has 0 spiro atoms. The molecule has 6 heteroatoms. The lowest BCUT2D eigenvalue weighted by atomic mass is 10.3. The Kier molecular flexibility index (Phi) is 4.93. The maximum absolute atomic E-state index is 5.83. The van der Waals surface area contributed by atoms with E-state index in [1.165, 1.54) is 0 Å². The second-order valence-corrected chi connectivity index (χ2v) is 5.42. The molecule has 118 valence electrons. The van der Waals surface area contributed by atoms with Crippen molar-refractivity contribution in [3.05, 3.63) is 77.8 Å². The normalized spacial score (nSPS) is 11.4. The highest BCUT2D eigenvalue weighted by atomic mass is 35.5. The van der Waals surface area contributed by atoms with Crippen LogP contribution in [-0.4, -0.2) is 0 Å². The van der Waals surface area contributed by atoms with Crippen LogP contribution in [0.3, 0.4) is 0 Å². The van der Waals surface area contributed by atoms with Crippen molar-refractivity contribution >= 4 is 40.0 Å². The van der Waals surface area contributed by atoms with E-state index in [0.717, 1.165) is 22.7 Å². The standard InChI is InChI=1S/C18H14ClN5/c19-13-1-5-15(6-2-13)21-23-17-9-11-18(12-10-17)24-22-16-7-3-14(20)4-8-16/h1-12H,20H2. The van der Waals surface area contributed by atoms with E-state index < -0.39 is 0 Å². The Morgan fingerprint density at radius 1 is 0.500 bits per heavy atom. The maximum Gasteiger partial charge on any atom is 0.0858 e. The number of nitrogens with two attached hydrogens (primary N) is 1. The molecule has 3 rings (SSSR count). The summed E-state index contributed by atoms with van der Waals surface area (Å²) < 4.78 is 0. The fraction of sp³-hybridized carbons (Fsp3) is 0. The molecule has 24 heavy (non-hydrogen) atoms. The van der Waals surface area contributed by atoms with Gasteiger partial charge in [-0.1, -0.05) is 11.6 Å². The summed E-state index contributed by atoms with van der Waals surface area (Å²) >= 11 is 5.83. The van der Waals surface area contributed by atoms with Crippen LogP contribution in [0.1, 0.15) is 0 Å². The molecule has 5 nitrogen and oxygen atoms in total. The van der Waals surface area contributed by atoms with Gasteiger partial charge in [0.25, 0.3) is 0 Å². The Morgan fingerprint density at radius 2 is 0.792 bits per heavy atom. The molecule has 0 bridgehead atoms. The van der Waals surface area contributed by atoms with Gasteiger partial charge in [-0.25, -0.2) is 0 Å². The monoisotopic (exact) mass is 335 g/mol. The lowest BCUT2D eigenvalue weighted by Gasteiger charge is -1.96. The summed E-state index contributed by atoms with van der Waals surface area (Å²) in [6.07, 6.45) is 0. The molecular weight excluding hydrogens is 322 g/mol. The van der Waals surface area contributed by atoms with Crippen molar-refractivity contribution in [3.8, 4) is 0 Å². The molecule has 0 radical (unpaired) electrons. The van der Waals surface area contributed by atoms with Gasteiger partial charge in [0.05, 0.1) is 22.7 Å². The lowest BCUT2D eigenvalue weighted by molar-refractivity contribution is 1.21. The van der Waals surface area contributed by atoms with E-state index in [1.807, 2.05) is 36.4 Å². The van der Waals surface area contributed by atoms with E-state index in [-0.39, 0.29) is 0 Å². The minimum atomic E-state index is 0.671. The molecular formula is C18H14ClN5. The summed E-state index contributed by atoms with van der Waals surface area (Å²) in [5, 5.41) is 17.3. The van der Waals surface area contributed by atoms with Gasteiger partial charge < -0.3 is 5.73 Å². The zero-order chi connectivity index (χ0) is 16.8. The van der Waals surface area contributed by atoms with Crippen molar-refractivity contribution in [2.24, 2.45) is 20.5 Å². The SMILES string of the molecule is Nc1ccc(N=Nc2ccc(N=Nc3ccc(Cl)cc3)cc2)cc1. The zero-order valence-electron chi connectivity index (χ0n) is 12.7. The quantitative estimate of drug-likeness (QED) is 0.415. The third-order valence-corrected chi connectivity index (χ3v) is 3.38. The molecule has 0 saturated heterocycles. The van der Waals surface area contributed by atoms with Gasteiger partial charge in [0.2, 0.25) is 0 Å². The second-order valence-electron chi connectivity index (χ2n) is 4.98. The van der Waals surface area contributed by atoms with Gasteiger partial charge in [-0.05, 0) is 72.8 Å². The third kappa shape index (κ3) is 4.47. The highest BCUT2D eigenvalue weighted by Crippen LogP contribution is 2.24. The first-order valence-electron chi connectivity index (χ1n) is 7.24. The van der Waals surface area contributed by atoms with Crippen LogP contribution in [0.25, 0.3) is 0 Å². The molecule has 0 saturated carbocycles. The number of rotatable bonds is 4. The molecule has 0 unspecified atom stereocenters. The van der Waals surface area contributed by atoms with Crippen LogP contribution in [0.4, 0.5) is 28.4 Å². The Labute approximate surface area is 144 Å². The van der Waals surface area contributed by atoms with E-state index in [9.17, 15) is 0 Å². The van der Waals surface area contributed by atoms with Crippen molar-refractivity contribution in [2.45, 2.75) is 0 Å². The molecule has 0 amide bonds. The van der Waals surface area contributed by atoms with Gasteiger partial charge in [0, 0.05) is 10.7 Å². The van der Waals surface area contributed by atoms with E-state index >= 15 is 0 Å². The maximum atomic E-state index is 5.83. The van der Waals surface area contributed by atoms with Crippen LogP contribution < -0.4 is 5.73 Å². The van der Waals surface area contributed by atoms with Crippen LogP contribution >= 0.6 is 11.6 Å².